The largest absolute Gasteiger partial charge is 0.416 e. The minimum absolute atomic E-state index is 0.261. The van der Waals surface area contributed by atoms with Crippen LogP contribution in [0.15, 0.2) is 36.0 Å². The van der Waals surface area contributed by atoms with Gasteiger partial charge in [-0.25, -0.2) is 0 Å². The van der Waals surface area contributed by atoms with Crippen molar-refractivity contribution in [3.05, 3.63) is 52.7 Å². The molecule has 2 rings (SSSR count). The first-order chi connectivity index (χ1) is 12.1. The van der Waals surface area contributed by atoms with Gasteiger partial charge in [0.15, 0.2) is 0 Å². The molecule has 26 heavy (non-hydrogen) atoms. The Hall–Kier alpha value is -1.89. The van der Waals surface area contributed by atoms with Crippen LogP contribution in [0.1, 0.15) is 49.8 Å². The van der Waals surface area contributed by atoms with Crippen LogP contribution in [0.5, 0.6) is 0 Å². The third kappa shape index (κ3) is 4.84. The van der Waals surface area contributed by atoms with Gasteiger partial charge in [0.25, 0.3) is 0 Å². The molecular weight excluding hydrogens is 351 g/mol. The van der Waals surface area contributed by atoms with Gasteiger partial charge >= 0.3 is 12.7 Å². The first-order valence-electron chi connectivity index (χ1n) is 8.45. The number of nitrogens with one attached hydrogen (secondary N) is 2. The summed E-state index contributed by atoms with van der Waals surface area (Å²) in [6.45, 7) is 0.903. The molecule has 144 valence electrons. The average molecular weight is 374 g/mol. The first kappa shape index (κ1) is 20.4. The lowest BCUT2D eigenvalue weighted by atomic mass is 9.94. The van der Waals surface area contributed by atoms with Gasteiger partial charge in [0, 0.05) is 11.7 Å². The summed E-state index contributed by atoms with van der Waals surface area (Å²) in [6, 6.07) is 3.80. The van der Waals surface area contributed by atoms with Crippen LogP contribution in [0.4, 0.5) is 22.0 Å². The number of hydrogen-bond donors (Lipinski definition) is 2. The predicted octanol–water partition coefficient (Wildman–Crippen LogP) is 5.42. The molecule has 1 aromatic rings. The van der Waals surface area contributed by atoms with Gasteiger partial charge in [-0.15, -0.1) is 0 Å². The maximum Gasteiger partial charge on any atom is 0.416 e. The van der Waals surface area contributed by atoms with Crippen molar-refractivity contribution in [2.24, 2.45) is 0 Å². The third-order valence-electron chi connectivity index (χ3n) is 4.70. The van der Waals surface area contributed by atoms with Gasteiger partial charge in [-0.1, -0.05) is 18.6 Å². The second-order valence-corrected chi connectivity index (χ2v) is 6.54. The zero-order valence-electron chi connectivity index (χ0n) is 15.0. The second kappa shape index (κ2) is 7.78. The van der Waals surface area contributed by atoms with E-state index in [2.05, 4.69) is 5.32 Å². The normalized spacial score (nSPS) is 17.6. The molecule has 1 aliphatic rings. The fourth-order valence-corrected chi connectivity index (χ4v) is 2.77. The van der Waals surface area contributed by atoms with E-state index >= 15 is 0 Å². The van der Waals surface area contributed by atoms with E-state index in [0.717, 1.165) is 36.7 Å². The minimum atomic E-state index is -4.51. The van der Waals surface area contributed by atoms with Crippen molar-refractivity contribution in [2.75, 3.05) is 7.05 Å². The molecule has 0 saturated heterocycles. The number of hydrogen-bond acceptors (Lipinski definition) is 2. The molecule has 1 saturated carbocycles. The summed E-state index contributed by atoms with van der Waals surface area (Å²) in [5, 5.41) is 4.96. The van der Waals surface area contributed by atoms with Crippen molar-refractivity contribution in [1.82, 2.24) is 10.6 Å². The highest BCUT2D eigenvalue weighted by molar-refractivity contribution is 5.75. The highest BCUT2D eigenvalue weighted by atomic mass is 19.4. The van der Waals surface area contributed by atoms with Gasteiger partial charge in [0.1, 0.15) is 0 Å². The molecule has 2 N–H and O–H groups in total. The quantitative estimate of drug-likeness (QED) is 0.378. The Morgan fingerprint density at radius 2 is 1.88 bits per heavy atom. The van der Waals surface area contributed by atoms with E-state index in [4.69, 9.17) is 0 Å². The van der Waals surface area contributed by atoms with Gasteiger partial charge in [0.05, 0.1) is 5.56 Å². The molecule has 2 nitrogen and oxygen atoms in total. The molecule has 0 radical (unpaired) electrons. The van der Waals surface area contributed by atoms with Gasteiger partial charge in [-0.05, 0) is 68.1 Å². The maximum atomic E-state index is 13.4. The summed E-state index contributed by atoms with van der Waals surface area (Å²) < 4.78 is 65.3. The standard InChI is InChI=1S/C19H23F5N2/c1-4-12(2)7-14(11-26-17(20)21)13-8-15(18(25-3)5-6-18)10-16(9-13)19(22,23)24/h7-11,17,25-26H,4-6H2,1-3H3/b12-7?,14-11+. The molecule has 0 unspecified atom stereocenters. The lowest BCUT2D eigenvalue weighted by molar-refractivity contribution is -0.137. The fourth-order valence-electron chi connectivity index (χ4n) is 2.77. The van der Waals surface area contributed by atoms with Crippen molar-refractivity contribution in [3.8, 4) is 0 Å². The Balaban J connectivity index is 2.59. The summed E-state index contributed by atoms with van der Waals surface area (Å²) in [5.74, 6) is 0. The van der Waals surface area contributed by atoms with E-state index in [-0.39, 0.29) is 5.56 Å². The number of halogens is 5. The number of rotatable bonds is 7. The SMILES string of the molecule is CCC(C)=C/C(=C\NC(F)F)c1cc(C(F)(F)F)cc(C2(NC)CC2)c1. The lowest BCUT2D eigenvalue weighted by Crippen LogP contribution is -2.25. The van der Waals surface area contributed by atoms with E-state index < -0.39 is 23.8 Å². The third-order valence-corrected chi connectivity index (χ3v) is 4.70. The van der Waals surface area contributed by atoms with Crippen molar-refractivity contribution in [3.63, 3.8) is 0 Å². The highest BCUT2D eigenvalue weighted by Crippen LogP contribution is 2.47. The maximum absolute atomic E-state index is 13.4. The lowest BCUT2D eigenvalue weighted by Gasteiger charge is -2.19. The van der Waals surface area contributed by atoms with Crippen molar-refractivity contribution >= 4 is 5.57 Å². The summed E-state index contributed by atoms with van der Waals surface area (Å²) in [5.41, 5.74) is 0.704. The summed E-state index contributed by atoms with van der Waals surface area (Å²) in [6.07, 6.45) is 0.331. The number of allylic oxidation sites excluding steroid dienone is 3. The molecule has 0 bridgehead atoms. The Kier molecular flexibility index (Phi) is 6.11. The van der Waals surface area contributed by atoms with Crippen LogP contribution >= 0.6 is 0 Å². The Morgan fingerprint density at radius 1 is 1.23 bits per heavy atom. The fraction of sp³-hybridized carbons (Fsp3) is 0.474. The van der Waals surface area contributed by atoms with E-state index in [1.807, 2.05) is 12.2 Å². The summed E-state index contributed by atoms with van der Waals surface area (Å²) in [4.78, 5) is 0. The highest BCUT2D eigenvalue weighted by Gasteiger charge is 2.44. The minimum Gasteiger partial charge on any atom is -0.336 e. The van der Waals surface area contributed by atoms with Crippen LogP contribution in [-0.4, -0.2) is 13.6 Å². The Bertz CT molecular complexity index is 700. The number of alkyl halides is 5. The molecule has 7 heteroatoms. The van der Waals surface area contributed by atoms with Crippen LogP contribution in [-0.2, 0) is 11.7 Å². The monoisotopic (exact) mass is 374 g/mol. The molecule has 0 heterocycles. The summed E-state index contributed by atoms with van der Waals surface area (Å²) in [7, 11) is 1.71. The summed E-state index contributed by atoms with van der Waals surface area (Å²) >= 11 is 0. The van der Waals surface area contributed by atoms with Crippen LogP contribution in [0.25, 0.3) is 5.57 Å². The van der Waals surface area contributed by atoms with Gasteiger partial charge in [-0.2, -0.15) is 22.0 Å². The molecule has 1 fully saturated rings. The van der Waals surface area contributed by atoms with Crippen LogP contribution < -0.4 is 10.6 Å². The van der Waals surface area contributed by atoms with Crippen molar-refractivity contribution in [1.29, 1.82) is 0 Å². The smallest absolute Gasteiger partial charge is 0.336 e. The Labute approximate surface area is 150 Å². The molecular formula is C19H23F5N2. The molecule has 0 aromatic heterocycles. The molecule has 0 atom stereocenters. The van der Waals surface area contributed by atoms with E-state index in [9.17, 15) is 22.0 Å². The topological polar surface area (TPSA) is 24.1 Å². The molecule has 0 aliphatic heterocycles. The van der Waals surface area contributed by atoms with Gasteiger partial charge < -0.3 is 10.6 Å². The van der Waals surface area contributed by atoms with E-state index in [0.29, 0.717) is 17.6 Å². The zero-order valence-corrected chi connectivity index (χ0v) is 15.0. The Morgan fingerprint density at radius 3 is 2.35 bits per heavy atom. The van der Waals surface area contributed by atoms with Crippen molar-refractivity contribution in [2.45, 2.75) is 51.4 Å². The number of benzene rings is 1. The zero-order chi connectivity index (χ0) is 19.5. The molecule has 0 spiro atoms. The van der Waals surface area contributed by atoms with Crippen LogP contribution in [0, 0.1) is 0 Å². The van der Waals surface area contributed by atoms with Gasteiger partial charge in [-0.3, -0.25) is 0 Å². The average Bonchev–Trinajstić information content (AvgIpc) is 3.38. The van der Waals surface area contributed by atoms with Crippen molar-refractivity contribution < 1.29 is 22.0 Å². The molecule has 0 amide bonds. The van der Waals surface area contributed by atoms with E-state index in [1.54, 1.807) is 26.1 Å². The van der Waals surface area contributed by atoms with Gasteiger partial charge in [0.2, 0.25) is 0 Å². The second-order valence-electron chi connectivity index (χ2n) is 6.54. The van der Waals surface area contributed by atoms with Crippen LogP contribution in [0.2, 0.25) is 0 Å². The van der Waals surface area contributed by atoms with Crippen LogP contribution in [0.3, 0.4) is 0 Å². The molecule has 1 aliphatic carbocycles. The molecule has 1 aromatic carbocycles. The predicted molar refractivity (Wildman–Crippen MR) is 92.6 cm³/mol. The van der Waals surface area contributed by atoms with E-state index in [1.165, 1.54) is 0 Å². The first-order valence-corrected chi connectivity index (χ1v) is 8.45.